The van der Waals surface area contributed by atoms with Crippen molar-refractivity contribution in [3.05, 3.63) is 69.5 Å². The maximum atomic E-state index is 13.0. The highest BCUT2D eigenvalue weighted by molar-refractivity contribution is 5.48. The topological polar surface area (TPSA) is 78.4 Å². The molecule has 5 nitrogen and oxygen atoms in total. The number of nitro groups is 1. The molecule has 0 aromatic heterocycles. The van der Waals surface area contributed by atoms with Gasteiger partial charge in [-0.15, -0.1) is 0 Å². The van der Waals surface area contributed by atoms with Gasteiger partial charge in [-0.1, -0.05) is 18.2 Å². The summed E-state index contributed by atoms with van der Waals surface area (Å²) in [6.45, 7) is 0.269. The first kappa shape index (κ1) is 14.0. The Bertz CT molecular complexity index is 632. The van der Waals surface area contributed by atoms with Crippen LogP contribution in [0, 0.1) is 15.9 Å². The van der Waals surface area contributed by atoms with E-state index in [0.717, 1.165) is 0 Å². The normalized spacial score (nSPS) is 10.3. The highest BCUT2D eigenvalue weighted by Gasteiger charge is 2.15. The van der Waals surface area contributed by atoms with Crippen molar-refractivity contribution in [3.63, 3.8) is 0 Å². The molecule has 0 heterocycles. The number of hydrogen-bond acceptors (Lipinski definition) is 4. The molecule has 0 unspecified atom stereocenters. The van der Waals surface area contributed by atoms with Gasteiger partial charge in [-0.25, -0.2) is 4.39 Å². The molecule has 0 fully saturated rings. The SMILES string of the molecule is NCc1ccc(OCc2cccc(F)c2)c([N+](=O)[O-])c1. The number of halogens is 1. The summed E-state index contributed by atoms with van der Waals surface area (Å²) in [6.07, 6.45) is 0. The van der Waals surface area contributed by atoms with E-state index in [1.807, 2.05) is 0 Å². The van der Waals surface area contributed by atoms with Crippen molar-refractivity contribution in [3.8, 4) is 5.75 Å². The van der Waals surface area contributed by atoms with Crippen molar-refractivity contribution < 1.29 is 14.1 Å². The Hall–Kier alpha value is -2.47. The van der Waals surface area contributed by atoms with E-state index in [9.17, 15) is 14.5 Å². The quantitative estimate of drug-likeness (QED) is 0.672. The van der Waals surface area contributed by atoms with Gasteiger partial charge < -0.3 is 10.5 Å². The van der Waals surface area contributed by atoms with Crippen molar-refractivity contribution in [1.82, 2.24) is 0 Å². The monoisotopic (exact) mass is 276 g/mol. The third kappa shape index (κ3) is 3.30. The lowest BCUT2D eigenvalue weighted by Crippen LogP contribution is -2.02. The number of benzene rings is 2. The number of nitrogens with two attached hydrogens (primary N) is 1. The third-order valence-electron chi connectivity index (χ3n) is 2.74. The Morgan fingerprint density at radius 2 is 2.00 bits per heavy atom. The zero-order valence-corrected chi connectivity index (χ0v) is 10.6. The molecule has 104 valence electrons. The van der Waals surface area contributed by atoms with Crippen molar-refractivity contribution in [2.75, 3.05) is 0 Å². The average molecular weight is 276 g/mol. The number of ether oxygens (including phenoxy) is 1. The van der Waals surface area contributed by atoms with Gasteiger partial charge in [-0.3, -0.25) is 10.1 Å². The lowest BCUT2D eigenvalue weighted by atomic mass is 10.2. The van der Waals surface area contributed by atoms with E-state index in [1.54, 1.807) is 18.2 Å². The van der Waals surface area contributed by atoms with E-state index in [2.05, 4.69) is 0 Å². The second-order valence-corrected chi connectivity index (χ2v) is 4.18. The number of nitrogens with zero attached hydrogens (tertiary/aromatic N) is 1. The molecular formula is C14H13FN2O3. The second kappa shape index (κ2) is 6.12. The van der Waals surface area contributed by atoms with Crippen LogP contribution in [0.4, 0.5) is 10.1 Å². The maximum Gasteiger partial charge on any atom is 0.311 e. The second-order valence-electron chi connectivity index (χ2n) is 4.18. The van der Waals surface area contributed by atoms with Crippen LogP contribution < -0.4 is 10.5 Å². The Balaban J connectivity index is 2.18. The summed E-state index contributed by atoms with van der Waals surface area (Å²) in [5.74, 6) is -0.240. The minimum Gasteiger partial charge on any atom is -0.482 e. The number of rotatable bonds is 5. The van der Waals surface area contributed by atoms with Crippen LogP contribution in [-0.4, -0.2) is 4.92 Å². The standard InChI is InChI=1S/C14H13FN2O3/c15-12-3-1-2-11(6-12)9-20-14-5-4-10(8-16)7-13(14)17(18)19/h1-7H,8-9,16H2. The van der Waals surface area contributed by atoms with Gasteiger partial charge in [0.05, 0.1) is 4.92 Å². The van der Waals surface area contributed by atoms with Gasteiger partial charge >= 0.3 is 5.69 Å². The molecule has 0 bridgehead atoms. The van der Waals surface area contributed by atoms with Crippen LogP contribution in [0.15, 0.2) is 42.5 Å². The molecule has 0 spiro atoms. The molecular weight excluding hydrogens is 263 g/mol. The first-order valence-electron chi connectivity index (χ1n) is 5.95. The lowest BCUT2D eigenvalue weighted by Gasteiger charge is -2.08. The van der Waals surface area contributed by atoms with Gasteiger partial charge in [0.1, 0.15) is 12.4 Å². The Kier molecular flexibility index (Phi) is 4.27. The highest BCUT2D eigenvalue weighted by Crippen LogP contribution is 2.28. The highest BCUT2D eigenvalue weighted by atomic mass is 19.1. The zero-order chi connectivity index (χ0) is 14.5. The van der Waals surface area contributed by atoms with E-state index in [-0.39, 0.29) is 30.4 Å². The molecule has 2 N–H and O–H groups in total. The van der Waals surface area contributed by atoms with Crippen molar-refractivity contribution in [1.29, 1.82) is 0 Å². The smallest absolute Gasteiger partial charge is 0.311 e. The molecule has 20 heavy (non-hydrogen) atoms. The van der Waals surface area contributed by atoms with Crippen molar-refractivity contribution in [2.45, 2.75) is 13.2 Å². The summed E-state index contributed by atoms with van der Waals surface area (Å²) in [5, 5.41) is 11.0. The van der Waals surface area contributed by atoms with Crippen LogP contribution in [0.1, 0.15) is 11.1 Å². The van der Waals surface area contributed by atoms with Crippen LogP contribution in [-0.2, 0) is 13.2 Å². The fourth-order valence-electron chi connectivity index (χ4n) is 1.74. The average Bonchev–Trinajstić information content (AvgIpc) is 2.45. The lowest BCUT2D eigenvalue weighted by molar-refractivity contribution is -0.386. The van der Waals surface area contributed by atoms with Crippen molar-refractivity contribution in [2.24, 2.45) is 5.73 Å². The molecule has 0 aliphatic heterocycles. The fraction of sp³-hybridized carbons (Fsp3) is 0.143. The van der Waals surface area contributed by atoms with Crippen LogP contribution in [0.2, 0.25) is 0 Å². The van der Waals surface area contributed by atoms with Gasteiger partial charge in [0.15, 0.2) is 5.75 Å². The Labute approximate surface area is 114 Å². The van der Waals surface area contributed by atoms with Gasteiger partial charge in [0.25, 0.3) is 0 Å². The van der Waals surface area contributed by atoms with Crippen LogP contribution in [0.25, 0.3) is 0 Å². The molecule has 2 aromatic rings. The predicted molar refractivity (Wildman–Crippen MR) is 71.7 cm³/mol. The summed E-state index contributed by atoms with van der Waals surface area (Å²) >= 11 is 0. The first-order valence-corrected chi connectivity index (χ1v) is 5.95. The molecule has 6 heteroatoms. The van der Waals surface area contributed by atoms with Gasteiger partial charge in [0.2, 0.25) is 0 Å². The maximum absolute atomic E-state index is 13.0. The molecule has 0 atom stereocenters. The summed E-state index contributed by atoms with van der Waals surface area (Å²) in [7, 11) is 0. The van der Waals surface area contributed by atoms with Crippen molar-refractivity contribution >= 4 is 5.69 Å². The fourth-order valence-corrected chi connectivity index (χ4v) is 1.74. The van der Waals surface area contributed by atoms with Gasteiger partial charge in [0, 0.05) is 12.6 Å². The minimum absolute atomic E-state index is 0.0561. The summed E-state index contributed by atoms with van der Waals surface area (Å²) in [5.41, 5.74) is 6.54. The molecule has 2 aromatic carbocycles. The number of hydrogen-bond donors (Lipinski definition) is 1. The van der Waals surface area contributed by atoms with E-state index in [0.29, 0.717) is 11.1 Å². The van der Waals surface area contributed by atoms with E-state index >= 15 is 0 Å². The molecule has 0 radical (unpaired) electrons. The molecule has 0 aliphatic carbocycles. The van der Waals surface area contributed by atoms with Crippen LogP contribution >= 0.6 is 0 Å². The minimum atomic E-state index is -0.528. The summed E-state index contributed by atoms with van der Waals surface area (Å²) < 4.78 is 18.4. The summed E-state index contributed by atoms with van der Waals surface area (Å²) in [4.78, 5) is 10.5. The van der Waals surface area contributed by atoms with Gasteiger partial charge in [-0.05, 0) is 29.3 Å². The van der Waals surface area contributed by atoms with E-state index in [4.69, 9.17) is 10.5 Å². The molecule has 0 amide bonds. The zero-order valence-electron chi connectivity index (χ0n) is 10.6. The summed E-state index contributed by atoms with van der Waals surface area (Å²) in [6, 6.07) is 10.4. The molecule has 0 saturated heterocycles. The number of nitro benzene ring substituents is 1. The van der Waals surface area contributed by atoms with Crippen LogP contribution in [0.3, 0.4) is 0 Å². The molecule has 0 aliphatic rings. The Morgan fingerprint density at radius 3 is 2.65 bits per heavy atom. The molecule has 0 saturated carbocycles. The first-order chi connectivity index (χ1) is 9.60. The van der Waals surface area contributed by atoms with Crippen LogP contribution in [0.5, 0.6) is 5.75 Å². The third-order valence-corrected chi connectivity index (χ3v) is 2.74. The van der Waals surface area contributed by atoms with E-state index < -0.39 is 4.92 Å². The molecule has 2 rings (SSSR count). The largest absolute Gasteiger partial charge is 0.482 e. The van der Waals surface area contributed by atoms with Gasteiger partial charge in [-0.2, -0.15) is 0 Å². The predicted octanol–water partition coefficient (Wildman–Crippen LogP) is 2.77. The Morgan fingerprint density at radius 1 is 1.20 bits per heavy atom. The van der Waals surface area contributed by atoms with E-state index in [1.165, 1.54) is 24.3 Å².